The van der Waals surface area contributed by atoms with Crippen LogP contribution >= 0.6 is 0 Å². The molecule has 0 aromatic heterocycles. The van der Waals surface area contributed by atoms with Gasteiger partial charge in [0.25, 0.3) is 11.8 Å². The molecule has 6 N–H and O–H groups in total. The number of hydrogen-bond donors (Lipinski definition) is 6. The summed E-state index contributed by atoms with van der Waals surface area (Å²) in [6.07, 6.45) is 11.4. The first-order chi connectivity index (χ1) is 22.1. The number of rotatable bonds is 19. The van der Waals surface area contributed by atoms with Crippen molar-refractivity contribution in [1.29, 1.82) is 0 Å². The van der Waals surface area contributed by atoms with Crippen LogP contribution in [-0.2, 0) is 22.4 Å². The predicted octanol–water partition coefficient (Wildman–Crippen LogP) is 6.40. The lowest BCUT2D eigenvalue weighted by Crippen LogP contribution is -2.44. The molecule has 0 saturated heterocycles. The molecule has 0 aliphatic carbocycles. The minimum atomic E-state index is -0.578. The molecule has 0 fully saturated rings. The van der Waals surface area contributed by atoms with E-state index in [-0.39, 0.29) is 46.3 Å². The summed E-state index contributed by atoms with van der Waals surface area (Å²) in [7, 11) is 0. The summed E-state index contributed by atoms with van der Waals surface area (Å²) in [5.74, 6) is -2.58. The average molecular weight is 639 g/mol. The summed E-state index contributed by atoms with van der Waals surface area (Å²) in [6.45, 7) is 7.96. The number of benzene rings is 2. The van der Waals surface area contributed by atoms with Gasteiger partial charge in [-0.25, -0.2) is 0 Å². The SMILES string of the molecule is CCCCCc1cccc(C(=O)NNC(=O)C(C)CCCCC(CCC)C(=O)NNC(=O)c2cccc(CCCCC)c2O)c1O. The highest BCUT2D eigenvalue weighted by Crippen LogP contribution is 2.25. The Balaban J connectivity index is 1.78. The van der Waals surface area contributed by atoms with Gasteiger partial charge in [-0.3, -0.25) is 40.9 Å². The van der Waals surface area contributed by atoms with Crippen LogP contribution in [0.1, 0.15) is 137 Å². The minimum Gasteiger partial charge on any atom is -0.507 e. The molecule has 2 aromatic carbocycles. The molecule has 0 aliphatic heterocycles. The molecule has 46 heavy (non-hydrogen) atoms. The lowest BCUT2D eigenvalue weighted by Gasteiger charge is -2.18. The molecular formula is C36H54N4O6. The monoisotopic (exact) mass is 638 g/mol. The second kappa shape index (κ2) is 20.9. The van der Waals surface area contributed by atoms with Gasteiger partial charge < -0.3 is 10.2 Å². The van der Waals surface area contributed by atoms with E-state index in [1.807, 2.05) is 6.92 Å². The van der Waals surface area contributed by atoms with Gasteiger partial charge in [-0.1, -0.05) is 96.9 Å². The molecule has 0 saturated carbocycles. The van der Waals surface area contributed by atoms with Crippen molar-refractivity contribution >= 4 is 23.6 Å². The number of amides is 4. The summed E-state index contributed by atoms with van der Waals surface area (Å²) in [6, 6.07) is 10.1. The second-order valence-corrected chi connectivity index (χ2v) is 12.1. The van der Waals surface area contributed by atoms with Crippen molar-refractivity contribution < 1.29 is 29.4 Å². The van der Waals surface area contributed by atoms with Crippen molar-refractivity contribution in [1.82, 2.24) is 21.7 Å². The number of hydrogen-bond acceptors (Lipinski definition) is 6. The van der Waals surface area contributed by atoms with Crippen molar-refractivity contribution in [2.24, 2.45) is 11.8 Å². The maximum absolute atomic E-state index is 12.9. The van der Waals surface area contributed by atoms with Gasteiger partial charge in [-0.2, -0.15) is 0 Å². The number of unbranched alkanes of at least 4 members (excludes halogenated alkanes) is 5. The first-order valence-corrected chi connectivity index (χ1v) is 17.0. The van der Waals surface area contributed by atoms with E-state index in [9.17, 15) is 29.4 Å². The number of phenols is 2. The van der Waals surface area contributed by atoms with Crippen LogP contribution in [0.25, 0.3) is 0 Å². The molecular weight excluding hydrogens is 584 g/mol. The van der Waals surface area contributed by atoms with Gasteiger partial charge in [0.1, 0.15) is 11.5 Å². The Labute approximate surface area is 274 Å². The Morgan fingerprint density at radius 1 is 0.587 bits per heavy atom. The van der Waals surface area contributed by atoms with Gasteiger partial charge in [0.15, 0.2) is 0 Å². The third kappa shape index (κ3) is 12.4. The normalized spacial score (nSPS) is 12.2. The number of para-hydroxylation sites is 2. The molecule has 2 unspecified atom stereocenters. The highest BCUT2D eigenvalue weighted by molar-refractivity contribution is 5.99. The van der Waals surface area contributed by atoms with Crippen LogP contribution in [0, 0.1) is 11.8 Å². The molecule has 2 aromatic rings. The zero-order chi connectivity index (χ0) is 33.9. The molecule has 2 atom stereocenters. The average Bonchev–Trinajstić information content (AvgIpc) is 3.05. The van der Waals surface area contributed by atoms with Crippen molar-refractivity contribution in [2.45, 2.75) is 118 Å². The van der Waals surface area contributed by atoms with E-state index in [0.717, 1.165) is 44.9 Å². The van der Waals surface area contributed by atoms with E-state index < -0.39 is 11.8 Å². The van der Waals surface area contributed by atoms with E-state index in [1.165, 1.54) is 12.1 Å². The molecule has 4 amide bonds. The first-order valence-electron chi connectivity index (χ1n) is 17.0. The Morgan fingerprint density at radius 3 is 1.54 bits per heavy atom. The molecule has 0 radical (unpaired) electrons. The molecule has 0 spiro atoms. The largest absolute Gasteiger partial charge is 0.507 e. The Kier molecular flexibility index (Phi) is 17.3. The lowest BCUT2D eigenvalue weighted by molar-refractivity contribution is -0.127. The number of nitrogens with one attached hydrogen (secondary N) is 4. The molecule has 10 nitrogen and oxygen atoms in total. The standard InChI is InChI=1S/C36H54N4O6/c1-5-8-10-18-26-21-14-23-29(31(26)41)35(45)39-37-33(43)25(4)17-12-13-20-28(16-7-3)34(44)38-40-36(46)30-24-15-22-27(32(30)42)19-11-9-6-2/h14-15,21-25,28,41-42H,5-13,16-20H2,1-4H3,(H,37,43)(H,38,44)(H,39,45)(H,40,46). The summed E-state index contributed by atoms with van der Waals surface area (Å²) in [4.78, 5) is 50.9. The van der Waals surface area contributed by atoms with E-state index in [2.05, 4.69) is 35.6 Å². The number of carbonyl (C=O) groups is 4. The van der Waals surface area contributed by atoms with Gasteiger partial charge in [0.05, 0.1) is 11.1 Å². The van der Waals surface area contributed by atoms with Crippen LogP contribution in [0.4, 0.5) is 0 Å². The van der Waals surface area contributed by atoms with Gasteiger partial charge in [0, 0.05) is 11.8 Å². The van der Waals surface area contributed by atoms with Crippen molar-refractivity contribution in [3.8, 4) is 11.5 Å². The van der Waals surface area contributed by atoms with E-state index in [4.69, 9.17) is 0 Å². The Bertz CT molecular complexity index is 1280. The number of aryl methyl sites for hydroxylation is 2. The fourth-order valence-corrected chi connectivity index (χ4v) is 5.41. The van der Waals surface area contributed by atoms with Gasteiger partial charge in [-0.05, 0) is 68.2 Å². The summed E-state index contributed by atoms with van der Waals surface area (Å²) < 4.78 is 0. The number of aromatic hydroxyl groups is 2. The van der Waals surface area contributed by atoms with Crippen LogP contribution in [0.5, 0.6) is 11.5 Å². The van der Waals surface area contributed by atoms with Crippen LogP contribution in [0.2, 0.25) is 0 Å². The second-order valence-electron chi connectivity index (χ2n) is 12.1. The number of carbonyl (C=O) groups excluding carboxylic acids is 4. The zero-order valence-electron chi connectivity index (χ0n) is 28.0. The maximum Gasteiger partial charge on any atom is 0.273 e. The fourth-order valence-electron chi connectivity index (χ4n) is 5.41. The predicted molar refractivity (Wildman–Crippen MR) is 180 cm³/mol. The quantitative estimate of drug-likeness (QED) is 0.0773. The molecule has 10 heteroatoms. The zero-order valence-corrected chi connectivity index (χ0v) is 28.0. The minimum absolute atomic E-state index is 0.0571. The van der Waals surface area contributed by atoms with Crippen LogP contribution in [-0.4, -0.2) is 33.8 Å². The van der Waals surface area contributed by atoms with Crippen molar-refractivity contribution in [3.63, 3.8) is 0 Å². The molecule has 0 aliphatic rings. The number of phenolic OH excluding ortho intramolecular Hbond substituents is 2. The molecule has 0 bridgehead atoms. The van der Waals surface area contributed by atoms with Gasteiger partial charge in [0.2, 0.25) is 11.8 Å². The topological polar surface area (TPSA) is 157 Å². The summed E-state index contributed by atoms with van der Waals surface area (Å²) in [5, 5.41) is 21.1. The van der Waals surface area contributed by atoms with Crippen LogP contribution < -0.4 is 21.7 Å². The van der Waals surface area contributed by atoms with Crippen molar-refractivity contribution in [3.05, 3.63) is 58.7 Å². The summed E-state index contributed by atoms with van der Waals surface area (Å²) >= 11 is 0. The Morgan fingerprint density at radius 2 is 1.07 bits per heavy atom. The van der Waals surface area contributed by atoms with E-state index >= 15 is 0 Å². The first kappa shape index (κ1) is 38.1. The van der Waals surface area contributed by atoms with E-state index in [1.54, 1.807) is 31.2 Å². The molecule has 2 rings (SSSR count). The van der Waals surface area contributed by atoms with Gasteiger partial charge in [-0.15, -0.1) is 0 Å². The van der Waals surface area contributed by atoms with Gasteiger partial charge >= 0.3 is 0 Å². The third-order valence-corrected chi connectivity index (χ3v) is 8.32. The number of hydrazine groups is 2. The lowest BCUT2D eigenvalue weighted by atomic mass is 9.94. The van der Waals surface area contributed by atoms with E-state index in [0.29, 0.717) is 56.1 Å². The summed E-state index contributed by atoms with van der Waals surface area (Å²) in [5.41, 5.74) is 11.5. The highest BCUT2D eigenvalue weighted by atomic mass is 16.3. The maximum atomic E-state index is 12.9. The molecule has 254 valence electrons. The van der Waals surface area contributed by atoms with Crippen LogP contribution in [0.3, 0.4) is 0 Å². The smallest absolute Gasteiger partial charge is 0.273 e. The molecule has 0 heterocycles. The fraction of sp³-hybridized carbons (Fsp3) is 0.556. The third-order valence-electron chi connectivity index (χ3n) is 8.32. The van der Waals surface area contributed by atoms with Crippen LogP contribution in [0.15, 0.2) is 36.4 Å². The van der Waals surface area contributed by atoms with Crippen molar-refractivity contribution in [2.75, 3.05) is 0 Å². The Hall–Kier alpha value is -4.08. The highest BCUT2D eigenvalue weighted by Gasteiger charge is 2.21.